The number of fused-ring (bicyclic) bond motifs is 1. The maximum absolute atomic E-state index is 13.5. The number of benzene rings is 4. The first-order chi connectivity index (χ1) is 18.3. The minimum atomic E-state index is -0.883. The Kier molecular flexibility index (Phi) is 6.51. The predicted molar refractivity (Wildman–Crippen MR) is 149 cm³/mol. The van der Waals surface area contributed by atoms with Crippen molar-refractivity contribution < 1.29 is 24.2 Å². The topological polar surface area (TPSA) is 79.3 Å². The van der Waals surface area contributed by atoms with Crippen molar-refractivity contribution >= 4 is 39.6 Å². The molecule has 5 rings (SSSR count). The molecule has 0 saturated carbocycles. The number of Topliss-reactive ketones (excluding diaryl/α,β-unsaturated/α-hetero) is 1. The molecule has 0 aliphatic carbocycles. The highest BCUT2D eigenvalue weighted by Gasteiger charge is 2.47. The molecule has 1 unspecified atom stereocenters. The van der Waals surface area contributed by atoms with Crippen LogP contribution >= 0.6 is 0 Å². The van der Waals surface area contributed by atoms with Gasteiger partial charge in [-0.2, -0.15) is 0 Å². The minimum absolute atomic E-state index is 0.00851. The highest BCUT2D eigenvalue weighted by Crippen LogP contribution is 2.44. The molecule has 7 nitrogen and oxygen atoms in total. The summed E-state index contributed by atoms with van der Waals surface area (Å²) >= 11 is 0. The van der Waals surface area contributed by atoms with E-state index in [4.69, 9.17) is 9.47 Å². The number of aliphatic hydroxyl groups excluding tert-OH is 1. The molecule has 1 N–H and O–H groups in total. The Hall–Kier alpha value is -4.78. The summed E-state index contributed by atoms with van der Waals surface area (Å²) in [6, 6.07) is 24.9. The van der Waals surface area contributed by atoms with Crippen molar-refractivity contribution in [2.75, 3.05) is 38.1 Å². The van der Waals surface area contributed by atoms with E-state index in [1.165, 1.54) is 19.1 Å². The summed E-state index contributed by atoms with van der Waals surface area (Å²) in [7, 11) is 6.91. The number of ketones is 1. The molecule has 1 aliphatic rings. The summed E-state index contributed by atoms with van der Waals surface area (Å²) in [5.41, 5.74) is 2.55. The van der Waals surface area contributed by atoms with Crippen LogP contribution in [0.1, 0.15) is 17.2 Å². The smallest absolute Gasteiger partial charge is 0.300 e. The Morgan fingerprint density at radius 3 is 2.16 bits per heavy atom. The minimum Gasteiger partial charge on any atom is -0.507 e. The second-order valence-electron chi connectivity index (χ2n) is 9.26. The van der Waals surface area contributed by atoms with E-state index in [1.54, 1.807) is 36.4 Å². The number of hydrogen-bond donors (Lipinski definition) is 1. The Morgan fingerprint density at radius 2 is 1.50 bits per heavy atom. The average Bonchev–Trinajstić information content (AvgIpc) is 3.21. The number of anilines is 2. The molecule has 1 heterocycles. The zero-order valence-corrected chi connectivity index (χ0v) is 21.6. The van der Waals surface area contributed by atoms with Gasteiger partial charge in [0.05, 0.1) is 25.8 Å². The Morgan fingerprint density at radius 1 is 0.816 bits per heavy atom. The van der Waals surface area contributed by atoms with Gasteiger partial charge in [-0.05, 0) is 58.8 Å². The van der Waals surface area contributed by atoms with Gasteiger partial charge in [-0.15, -0.1) is 0 Å². The number of methoxy groups -OCH3 is 2. The van der Waals surface area contributed by atoms with Crippen molar-refractivity contribution in [1.29, 1.82) is 0 Å². The number of nitrogens with zero attached hydrogens (tertiary/aromatic N) is 2. The number of carbonyl (C=O) groups is 2. The average molecular weight is 509 g/mol. The van der Waals surface area contributed by atoms with Crippen molar-refractivity contribution in [2.24, 2.45) is 0 Å². The summed E-state index contributed by atoms with van der Waals surface area (Å²) in [6.07, 6.45) is 0. The molecule has 1 aliphatic heterocycles. The van der Waals surface area contributed by atoms with Crippen LogP contribution in [0.2, 0.25) is 0 Å². The molecule has 7 heteroatoms. The van der Waals surface area contributed by atoms with Crippen LogP contribution in [0, 0.1) is 0 Å². The molecule has 38 heavy (non-hydrogen) atoms. The molecule has 0 radical (unpaired) electrons. The fraction of sp³-hybridized carbons (Fsp3) is 0.161. The van der Waals surface area contributed by atoms with Gasteiger partial charge in [0.25, 0.3) is 11.7 Å². The fourth-order valence-corrected chi connectivity index (χ4v) is 4.84. The molecule has 1 saturated heterocycles. The van der Waals surface area contributed by atoms with Crippen molar-refractivity contribution in [3.63, 3.8) is 0 Å². The van der Waals surface area contributed by atoms with E-state index in [1.807, 2.05) is 67.5 Å². The lowest BCUT2D eigenvalue weighted by atomic mass is 9.94. The fourth-order valence-electron chi connectivity index (χ4n) is 4.84. The number of ether oxygens (including phenoxy) is 2. The van der Waals surface area contributed by atoms with Crippen LogP contribution in [0.25, 0.3) is 16.5 Å². The Labute approximate surface area is 221 Å². The largest absolute Gasteiger partial charge is 0.507 e. The van der Waals surface area contributed by atoms with E-state index in [2.05, 4.69) is 0 Å². The second-order valence-corrected chi connectivity index (χ2v) is 9.26. The van der Waals surface area contributed by atoms with Gasteiger partial charge in [-0.1, -0.05) is 42.5 Å². The van der Waals surface area contributed by atoms with Crippen molar-refractivity contribution in [3.8, 4) is 11.5 Å². The second kappa shape index (κ2) is 9.94. The van der Waals surface area contributed by atoms with Gasteiger partial charge >= 0.3 is 0 Å². The molecule has 4 aromatic rings. The summed E-state index contributed by atoms with van der Waals surface area (Å²) in [5, 5.41) is 13.4. The predicted octanol–water partition coefficient (Wildman–Crippen LogP) is 5.55. The van der Waals surface area contributed by atoms with Crippen LogP contribution in [-0.4, -0.2) is 45.1 Å². The van der Waals surface area contributed by atoms with Gasteiger partial charge in [-0.3, -0.25) is 14.5 Å². The Balaban J connectivity index is 1.72. The summed E-state index contributed by atoms with van der Waals surface area (Å²) in [4.78, 5) is 30.4. The van der Waals surface area contributed by atoms with E-state index in [0.717, 1.165) is 16.5 Å². The van der Waals surface area contributed by atoms with Crippen LogP contribution in [0.15, 0.2) is 90.5 Å². The Bertz CT molecular complexity index is 1570. The lowest BCUT2D eigenvalue weighted by Crippen LogP contribution is -2.29. The first-order valence-corrected chi connectivity index (χ1v) is 12.1. The van der Waals surface area contributed by atoms with Crippen LogP contribution in [-0.2, 0) is 9.59 Å². The van der Waals surface area contributed by atoms with Gasteiger partial charge in [0.2, 0.25) is 0 Å². The molecule has 0 aromatic heterocycles. The molecular weight excluding hydrogens is 480 g/mol. The van der Waals surface area contributed by atoms with E-state index in [-0.39, 0.29) is 11.3 Å². The first kappa shape index (κ1) is 24.9. The molecule has 1 amide bonds. The standard InChI is InChI=1S/C31H28N2O5/c1-32(2)23-12-14-24(15-13-23)33-28(21-11-16-25(37-3)26(18-21)38-4)27(30(35)31(33)36)29(34)22-10-9-19-7-5-6-8-20(19)17-22/h5-18,28,34H,1-4H3/b29-27+. The van der Waals surface area contributed by atoms with E-state index in [0.29, 0.717) is 28.3 Å². The molecule has 4 aromatic carbocycles. The summed E-state index contributed by atoms with van der Waals surface area (Å²) in [5.74, 6) is -0.750. The number of amides is 1. The highest BCUT2D eigenvalue weighted by molar-refractivity contribution is 6.51. The monoisotopic (exact) mass is 508 g/mol. The van der Waals surface area contributed by atoms with Gasteiger partial charge in [0, 0.05) is 31.0 Å². The number of hydrogen-bond acceptors (Lipinski definition) is 6. The zero-order valence-electron chi connectivity index (χ0n) is 21.6. The third-order valence-electron chi connectivity index (χ3n) is 6.83. The molecular formula is C31H28N2O5. The first-order valence-electron chi connectivity index (χ1n) is 12.1. The maximum atomic E-state index is 13.5. The van der Waals surface area contributed by atoms with Crippen LogP contribution in [0.3, 0.4) is 0 Å². The van der Waals surface area contributed by atoms with E-state index in [9.17, 15) is 14.7 Å². The third kappa shape index (κ3) is 4.22. The van der Waals surface area contributed by atoms with Crippen molar-refractivity contribution in [1.82, 2.24) is 0 Å². The third-order valence-corrected chi connectivity index (χ3v) is 6.83. The molecule has 0 spiro atoms. The highest BCUT2D eigenvalue weighted by atomic mass is 16.5. The van der Waals surface area contributed by atoms with E-state index >= 15 is 0 Å². The molecule has 192 valence electrons. The lowest BCUT2D eigenvalue weighted by molar-refractivity contribution is -0.132. The SMILES string of the molecule is COc1ccc(C2/C(=C(\O)c3ccc4ccccc4c3)C(=O)C(=O)N2c2ccc(N(C)C)cc2)cc1OC. The lowest BCUT2D eigenvalue weighted by Gasteiger charge is -2.26. The molecule has 0 bridgehead atoms. The quantitative estimate of drug-likeness (QED) is 0.209. The van der Waals surface area contributed by atoms with Crippen molar-refractivity contribution in [3.05, 3.63) is 102 Å². The molecule has 1 fully saturated rings. The molecule has 1 atom stereocenters. The van der Waals surface area contributed by atoms with Gasteiger partial charge in [0.15, 0.2) is 11.5 Å². The van der Waals surface area contributed by atoms with Crippen molar-refractivity contribution in [2.45, 2.75) is 6.04 Å². The summed E-state index contributed by atoms with van der Waals surface area (Å²) in [6.45, 7) is 0. The van der Waals surface area contributed by atoms with Gasteiger partial charge < -0.3 is 19.5 Å². The normalized spacial score (nSPS) is 16.6. The number of aliphatic hydroxyl groups is 1. The van der Waals surface area contributed by atoms with Crippen LogP contribution < -0.4 is 19.3 Å². The number of carbonyl (C=O) groups excluding carboxylic acids is 2. The van der Waals surface area contributed by atoms with Gasteiger partial charge in [-0.25, -0.2) is 0 Å². The summed E-state index contributed by atoms with van der Waals surface area (Å²) < 4.78 is 10.9. The van der Waals surface area contributed by atoms with Crippen LogP contribution in [0.4, 0.5) is 11.4 Å². The maximum Gasteiger partial charge on any atom is 0.300 e. The van der Waals surface area contributed by atoms with E-state index < -0.39 is 17.7 Å². The van der Waals surface area contributed by atoms with Gasteiger partial charge in [0.1, 0.15) is 5.76 Å². The zero-order chi connectivity index (χ0) is 27.0. The van der Waals surface area contributed by atoms with Crippen LogP contribution in [0.5, 0.6) is 11.5 Å². The number of rotatable bonds is 6.